The zero-order valence-electron chi connectivity index (χ0n) is 13.4. The number of hydrogen-bond donors (Lipinski definition) is 1. The second-order valence-corrected chi connectivity index (χ2v) is 7.92. The summed E-state index contributed by atoms with van der Waals surface area (Å²) < 4.78 is 6.45. The fourth-order valence-corrected chi connectivity index (χ4v) is 5.23. The summed E-state index contributed by atoms with van der Waals surface area (Å²) in [4.78, 5) is 24.9. The lowest BCUT2D eigenvalue weighted by Gasteiger charge is -2.17. The van der Waals surface area contributed by atoms with E-state index in [0.717, 1.165) is 15.8 Å². The summed E-state index contributed by atoms with van der Waals surface area (Å²) in [6, 6.07) is 12.8. The molecule has 4 nitrogen and oxygen atoms in total. The number of ether oxygens (including phenoxy) is 1. The van der Waals surface area contributed by atoms with Gasteiger partial charge < -0.3 is 10.5 Å². The summed E-state index contributed by atoms with van der Waals surface area (Å²) in [5, 5.41) is 1.38. The van der Waals surface area contributed by atoms with E-state index in [2.05, 4.69) is 0 Å². The molecule has 0 aliphatic heterocycles. The van der Waals surface area contributed by atoms with Gasteiger partial charge in [0.2, 0.25) is 5.91 Å². The molecule has 3 aromatic rings. The molecule has 1 amide bonds. The van der Waals surface area contributed by atoms with Crippen LogP contribution < -0.4 is 5.73 Å². The van der Waals surface area contributed by atoms with Crippen LogP contribution in [-0.2, 0) is 16.0 Å². The van der Waals surface area contributed by atoms with Crippen molar-refractivity contribution in [1.29, 1.82) is 0 Å². The lowest BCUT2D eigenvalue weighted by molar-refractivity contribution is -0.121. The fourth-order valence-electron chi connectivity index (χ4n) is 3.40. The second-order valence-electron chi connectivity index (χ2n) is 6.08. The molecule has 0 bridgehead atoms. The quantitative estimate of drug-likeness (QED) is 0.649. The lowest BCUT2D eigenvalue weighted by atomic mass is 9.99. The van der Waals surface area contributed by atoms with E-state index < -0.39 is 23.9 Å². The third-order valence-corrected chi connectivity index (χ3v) is 6.48. The molecule has 2 atom stereocenters. The number of carbonyl (C=O) groups is 2. The minimum Gasteiger partial charge on any atom is -0.457 e. The average molecular weight is 406 g/mol. The van der Waals surface area contributed by atoms with Crippen LogP contribution in [-0.4, -0.2) is 18.0 Å². The van der Waals surface area contributed by atoms with Crippen LogP contribution in [0.4, 0.5) is 0 Å². The van der Waals surface area contributed by atoms with E-state index in [1.54, 1.807) is 12.1 Å². The molecule has 132 valence electrons. The molecular formula is C19H13Cl2NO3S. The third-order valence-electron chi connectivity index (χ3n) is 4.54. The van der Waals surface area contributed by atoms with Crippen LogP contribution >= 0.6 is 34.5 Å². The van der Waals surface area contributed by atoms with Gasteiger partial charge in [-0.2, -0.15) is 0 Å². The number of halogens is 2. The topological polar surface area (TPSA) is 69.4 Å². The first-order chi connectivity index (χ1) is 12.5. The molecule has 0 spiro atoms. The Hall–Kier alpha value is -2.08. The molecule has 1 aliphatic carbocycles. The number of benzene rings is 2. The van der Waals surface area contributed by atoms with Crippen molar-refractivity contribution >= 4 is 56.5 Å². The van der Waals surface area contributed by atoms with Gasteiger partial charge in [0.15, 0.2) is 0 Å². The molecule has 0 saturated carbocycles. The van der Waals surface area contributed by atoms with Crippen LogP contribution in [0.15, 0.2) is 42.5 Å². The third kappa shape index (κ3) is 2.76. The summed E-state index contributed by atoms with van der Waals surface area (Å²) in [6.45, 7) is 0. The monoisotopic (exact) mass is 405 g/mol. The molecule has 26 heavy (non-hydrogen) atoms. The van der Waals surface area contributed by atoms with Crippen molar-refractivity contribution in [1.82, 2.24) is 0 Å². The minimum absolute atomic E-state index is 0.270. The predicted molar refractivity (Wildman–Crippen MR) is 103 cm³/mol. The normalized spacial score (nSPS) is 18.7. The smallest absolute Gasteiger partial charge is 0.350 e. The number of carbonyl (C=O) groups excluding carboxylic acids is 2. The van der Waals surface area contributed by atoms with Gasteiger partial charge in [0.1, 0.15) is 16.9 Å². The number of amides is 1. The maximum atomic E-state index is 12.7. The summed E-state index contributed by atoms with van der Waals surface area (Å²) >= 11 is 13.8. The number of rotatable bonds is 3. The number of nitrogens with two attached hydrogens (primary N) is 1. The van der Waals surface area contributed by atoms with E-state index in [4.69, 9.17) is 33.7 Å². The first-order valence-electron chi connectivity index (χ1n) is 7.92. The highest BCUT2D eigenvalue weighted by Gasteiger charge is 2.39. The Kier molecular flexibility index (Phi) is 4.39. The first kappa shape index (κ1) is 17.3. The Balaban J connectivity index is 1.66. The van der Waals surface area contributed by atoms with Crippen molar-refractivity contribution in [2.45, 2.75) is 18.4 Å². The van der Waals surface area contributed by atoms with Crippen LogP contribution in [0.5, 0.6) is 0 Å². The number of hydrogen-bond acceptors (Lipinski definition) is 4. The predicted octanol–water partition coefficient (Wildman–Crippen LogP) is 4.56. The van der Waals surface area contributed by atoms with E-state index >= 15 is 0 Å². The average Bonchev–Trinajstić information content (AvgIpc) is 3.13. The van der Waals surface area contributed by atoms with E-state index in [0.29, 0.717) is 16.8 Å². The van der Waals surface area contributed by atoms with Crippen molar-refractivity contribution in [3.05, 3.63) is 68.5 Å². The van der Waals surface area contributed by atoms with E-state index in [9.17, 15) is 9.59 Å². The van der Waals surface area contributed by atoms with Gasteiger partial charge in [0.05, 0.1) is 10.0 Å². The van der Waals surface area contributed by atoms with E-state index in [1.165, 1.54) is 11.3 Å². The summed E-state index contributed by atoms with van der Waals surface area (Å²) in [5.41, 5.74) is 7.32. The molecule has 0 radical (unpaired) electrons. The van der Waals surface area contributed by atoms with Crippen molar-refractivity contribution in [3.8, 4) is 0 Å². The molecule has 0 fully saturated rings. The SMILES string of the molecule is NC(=O)C1c2ccccc2CC1OC(=O)c1sc2cccc(Cl)c2c1Cl. The molecule has 7 heteroatoms. The zero-order valence-corrected chi connectivity index (χ0v) is 15.7. The van der Waals surface area contributed by atoms with Crippen LogP contribution in [0.25, 0.3) is 10.1 Å². The van der Waals surface area contributed by atoms with Crippen LogP contribution in [0.2, 0.25) is 10.0 Å². The van der Waals surface area contributed by atoms with Gasteiger partial charge >= 0.3 is 5.97 Å². The van der Waals surface area contributed by atoms with Crippen molar-refractivity contribution < 1.29 is 14.3 Å². The van der Waals surface area contributed by atoms with Gasteiger partial charge in [-0.1, -0.05) is 53.5 Å². The molecular weight excluding hydrogens is 393 g/mol. The Bertz CT molecular complexity index is 1050. The van der Waals surface area contributed by atoms with Crippen LogP contribution in [0.3, 0.4) is 0 Å². The molecule has 4 rings (SSSR count). The van der Waals surface area contributed by atoms with Gasteiger partial charge in [-0.3, -0.25) is 4.79 Å². The van der Waals surface area contributed by atoms with Gasteiger partial charge in [-0.05, 0) is 23.3 Å². The Morgan fingerprint density at radius 3 is 2.62 bits per heavy atom. The van der Waals surface area contributed by atoms with Crippen LogP contribution in [0.1, 0.15) is 26.7 Å². The van der Waals surface area contributed by atoms with Crippen LogP contribution in [0, 0.1) is 0 Å². The highest BCUT2D eigenvalue weighted by molar-refractivity contribution is 7.21. The maximum Gasteiger partial charge on any atom is 0.350 e. The van der Waals surface area contributed by atoms with Gasteiger partial charge in [0, 0.05) is 16.5 Å². The summed E-state index contributed by atoms with van der Waals surface area (Å²) in [7, 11) is 0. The molecule has 1 heterocycles. The second kappa shape index (κ2) is 6.58. The van der Waals surface area contributed by atoms with Gasteiger partial charge in [0.25, 0.3) is 0 Å². The zero-order chi connectivity index (χ0) is 18.4. The highest BCUT2D eigenvalue weighted by Crippen LogP contribution is 2.41. The number of fused-ring (bicyclic) bond motifs is 2. The largest absolute Gasteiger partial charge is 0.457 e. The highest BCUT2D eigenvalue weighted by atomic mass is 35.5. The summed E-state index contributed by atoms with van der Waals surface area (Å²) in [6.07, 6.45) is -0.201. The first-order valence-corrected chi connectivity index (χ1v) is 9.49. The fraction of sp³-hybridized carbons (Fsp3) is 0.158. The van der Waals surface area contributed by atoms with Crippen molar-refractivity contribution in [2.24, 2.45) is 5.73 Å². The Morgan fingerprint density at radius 2 is 1.88 bits per heavy atom. The van der Waals surface area contributed by atoms with E-state index in [1.807, 2.05) is 30.3 Å². The molecule has 0 saturated heterocycles. The summed E-state index contributed by atoms with van der Waals surface area (Å²) in [5.74, 6) is -1.75. The number of primary amides is 1. The molecule has 2 unspecified atom stereocenters. The molecule has 2 N–H and O–H groups in total. The van der Waals surface area contributed by atoms with Gasteiger partial charge in [-0.15, -0.1) is 11.3 Å². The minimum atomic E-state index is -0.660. The standard InChI is InChI=1S/C19H13Cl2NO3S/c20-11-6-3-7-13-15(11)16(21)17(26-13)19(24)25-12-8-9-4-1-2-5-10(9)14(12)18(22)23/h1-7,12,14H,8H2,(H2,22,23). The number of esters is 1. The van der Waals surface area contributed by atoms with Gasteiger partial charge in [-0.25, -0.2) is 4.79 Å². The lowest BCUT2D eigenvalue weighted by Crippen LogP contribution is -2.32. The number of thiophene rings is 1. The Morgan fingerprint density at radius 1 is 1.12 bits per heavy atom. The van der Waals surface area contributed by atoms with Crippen molar-refractivity contribution in [2.75, 3.05) is 0 Å². The molecule has 2 aromatic carbocycles. The maximum absolute atomic E-state index is 12.7. The molecule has 1 aliphatic rings. The van der Waals surface area contributed by atoms with Crippen molar-refractivity contribution in [3.63, 3.8) is 0 Å². The Labute approximate surface area is 163 Å². The van der Waals surface area contributed by atoms with E-state index in [-0.39, 0.29) is 9.90 Å². The molecule has 1 aromatic heterocycles.